The number of aryl methyl sites for hydroxylation is 1. The second-order valence-corrected chi connectivity index (χ2v) is 6.78. The molecule has 6 nitrogen and oxygen atoms in total. The van der Waals surface area contributed by atoms with E-state index in [4.69, 9.17) is 4.52 Å². The lowest BCUT2D eigenvalue weighted by Gasteiger charge is -2.35. The summed E-state index contributed by atoms with van der Waals surface area (Å²) in [5, 5.41) is 3.87. The minimum absolute atomic E-state index is 0.114. The van der Waals surface area contributed by atoms with Crippen LogP contribution in [0.2, 0.25) is 0 Å². The first-order chi connectivity index (χ1) is 12.8. The lowest BCUT2D eigenvalue weighted by Crippen LogP contribution is -2.44. The highest BCUT2D eigenvalue weighted by atomic mass is 19.4. The third kappa shape index (κ3) is 4.40. The Morgan fingerprint density at radius 2 is 2.22 bits per heavy atom. The van der Waals surface area contributed by atoms with Gasteiger partial charge in [-0.2, -0.15) is 13.2 Å². The molecule has 2 aromatic rings. The first-order valence-electron chi connectivity index (χ1n) is 8.70. The number of alkyl halides is 3. The van der Waals surface area contributed by atoms with Crippen LogP contribution < -0.4 is 4.90 Å². The minimum Gasteiger partial charge on any atom is -0.361 e. The van der Waals surface area contributed by atoms with E-state index in [1.807, 2.05) is 0 Å². The molecular weight excluding hydrogens is 361 g/mol. The van der Waals surface area contributed by atoms with E-state index in [1.54, 1.807) is 24.9 Å². The Hall–Kier alpha value is -2.58. The predicted molar refractivity (Wildman–Crippen MR) is 91.9 cm³/mol. The summed E-state index contributed by atoms with van der Waals surface area (Å²) in [6, 6.07) is 4.04. The molecule has 27 heavy (non-hydrogen) atoms. The van der Waals surface area contributed by atoms with E-state index < -0.39 is 11.7 Å². The Kier molecular flexibility index (Phi) is 5.38. The molecule has 0 aromatic carbocycles. The predicted octanol–water partition coefficient (Wildman–Crippen LogP) is 3.27. The Balaban J connectivity index is 1.72. The van der Waals surface area contributed by atoms with Gasteiger partial charge < -0.3 is 14.3 Å². The van der Waals surface area contributed by atoms with E-state index in [-0.39, 0.29) is 24.2 Å². The van der Waals surface area contributed by atoms with Crippen LogP contribution in [0.3, 0.4) is 0 Å². The number of hydrogen-bond acceptors (Lipinski definition) is 5. The fourth-order valence-electron chi connectivity index (χ4n) is 3.37. The average Bonchev–Trinajstić information content (AvgIpc) is 3.05. The van der Waals surface area contributed by atoms with E-state index in [1.165, 1.54) is 17.2 Å². The summed E-state index contributed by atoms with van der Waals surface area (Å²) < 4.78 is 44.8. The second kappa shape index (κ2) is 7.58. The van der Waals surface area contributed by atoms with Crippen LogP contribution in [0, 0.1) is 12.8 Å². The van der Waals surface area contributed by atoms with Gasteiger partial charge >= 0.3 is 6.18 Å². The molecule has 1 aliphatic heterocycles. The molecule has 1 unspecified atom stereocenters. The summed E-state index contributed by atoms with van der Waals surface area (Å²) >= 11 is 0. The molecule has 9 heteroatoms. The molecule has 1 fully saturated rings. The highest BCUT2D eigenvalue weighted by Crippen LogP contribution is 2.36. The Labute approximate surface area is 154 Å². The van der Waals surface area contributed by atoms with E-state index in [9.17, 15) is 18.0 Å². The lowest BCUT2D eigenvalue weighted by atomic mass is 9.96. The summed E-state index contributed by atoms with van der Waals surface area (Å²) in [5.41, 5.74) is -0.135. The molecule has 1 aliphatic rings. The molecule has 1 amide bonds. The molecule has 0 bridgehead atoms. The van der Waals surface area contributed by atoms with Crippen LogP contribution in [0.1, 0.15) is 29.9 Å². The van der Waals surface area contributed by atoms with Crippen molar-refractivity contribution in [3.63, 3.8) is 0 Å². The SMILES string of the molecule is Cc1cc(CN(C)C(=O)C2CCCN(c3ncccc3C(F)(F)F)C2)no1. The van der Waals surface area contributed by atoms with Crippen LogP contribution in [0.4, 0.5) is 19.0 Å². The number of anilines is 1. The topological polar surface area (TPSA) is 62.5 Å². The molecular formula is C18H21F3N4O2. The Morgan fingerprint density at radius 1 is 1.44 bits per heavy atom. The second-order valence-electron chi connectivity index (χ2n) is 6.78. The van der Waals surface area contributed by atoms with Crippen LogP contribution in [0.25, 0.3) is 0 Å². The number of hydrogen-bond donors (Lipinski definition) is 0. The highest BCUT2D eigenvalue weighted by Gasteiger charge is 2.37. The quantitative estimate of drug-likeness (QED) is 0.812. The van der Waals surface area contributed by atoms with Gasteiger partial charge in [-0.15, -0.1) is 0 Å². The van der Waals surface area contributed by atoms with E-state index >= 15 is 0 Å². The van der Waals surface area contributed by atoms with Gasteiger partial charge in [0, 0.05) is 32.4 Å². The zero-order chi connectivity index (χ0) is 19.6. The maximum atomic E-state index is 13.3. The van der Waals surface area contributed by atoms with Crippen molar-refractivity contribution in [3.8, 4) is 0 Å². The molecule has 0 radical (unpaired) electrons. The van der Waals surface area contributed by atoms with Crippen molar-refractivity contribution >= 4 is 11.7 Å². The number of amides is 1. The Bertz CT molecular complexity index is 806. The zero-order valence-corrected chi connectivity index (χ0v) is 15.2. The van der Waals surface area contributed by atoms with Crippen LogP contribution >= 0.6 is 0 Å². The molecule has 1 saturated heterocycles. The van der Waals surface area contributed by atoms with Crippen molar-refractivity contribution in [1.29, 1.82) is 0 Å². The molecule has 2 aromatic heterocycles. The van der Waals surface area contributed by atoms with Crippen molar-refractivity contribution in [2.24, 2.45) is 5.92 Å². The molecule has 0 spiro atoms. The summed E-state index contributed by atoms with van der Waals surface area (Å²) in [6.45, 7) is 2.71. The molecule has 3 rings (SSSR count). The van der Waals surface area contributed by atoms with Gasteiger partial charge in [0.2, 0.25) is 5.91 Å². The lowest BCUT2D eigenvalue weighted by molar-refractivity contribution is -0.137. The molecule has 0 aliphatic carbocycles. The van der Waals surface area contributed by atoms with Crippen molar-refractivity contribution in [1.82, 2.24) is 15.0 Å². The third-order valence-corrected chi connectivity index (χ3v) is 4.61. The number of carbonyl (C=O) groups excluding carboxylic acids is 1. The molecule has 146 valence electrons. The van der Waals surface area contributed by atoms with Crippen molar-refractivity contribution in [2.45, 2.75) is 32.5 Å². The van der Waals surface area contributed by atoms with Crippen LogP contribution in [-0.2, 0) is 17.5 Å². The van der Waals surface area contributed by atoms with Gasteiger partial charge in [-0.05, 0) is 31.9 Å². The number of pyridine rings is 1. The number of halogens is 3. The fraction of sp³-hybridized carbons (Fsp3) is 0.500. The number of piperidine rings is 1. The van der Waals surface area contributed by atoms with Gasteiger partial charge in [0.05, 0.1) is 18.0 Å². The number of nitrogens with zero attached hydrogens (tertiary/aromatic N) is 4. The zero-order valence-electron chi connectivity index (χ0n) is 15.2. The first-order valence-corrected chi connectivity index (χ1v) is 8.70. The third-order valence-electron chi connectivity index (χ3n) is 4.61. The van der Waals surface area contributed by atoms with Crippen LogP contribution in [0.5, 0.6) is 0 Å². The molecule has 3 heterocycles. The van der Waals surface area contributed by atoms with Crippen LogP contribution in [0.15, 0.2) is 28.9 Å². The monoisotopic (exact) mass is 382 g/mol. The minimum atomic E-state index is -4.48. The summed E-state index contributed by atoms with van der Waals surface area (Å²) in [6.07, 6.45) is -1.88. The maximum Gasteiger partial charge on any atom is 0.419 e. The van der Waals surface area contributed by atoms with Gasteiger partial charge in [0.15, 0.2) is 0 Å². The number of aromatic nitrogens is 2. The largest absolute Gasteiger partial charge is 0.419 e. The van der Waals surface area contributed by atoms with Gasteiger partial charge in [-0.3, -0.25) is 4.79 Å². The summed E-state index contributed by atoms with van der Waals surface area (Å²) in [5.74, 6) is 0.0338. The fourth-order valence-corrected chi connectivity index (χ4v) is 3.37. The van der Waals surface area contributed by atoms with Crippen molar-refractivity contribution in [2.75, 3.05) is 25.0 Å². The highest BCUT2D eigenvalue weighted by molar-refractivity contribution is 5.79. The standard InChI is InChI=1S/C18H21F3N4O2/c1-12-9-14(23-27-12)11-24(2)17(26)13-5-4-8-25(10-13)16-15(18(19,20)21)6-3-7-22-16/h3,6-7,9,13H,4-5,8,10-11H2,1-2H3. The molecule has 0 N–H and O–H groups in total. The summed E-state index contributed by atoms with van der Waals surface area (Å²) in [7, 11) is 1.66. The molecule has 0 saturated carbocycles. The van der Waals surface area contributed by atoms with E-state index in [2.05, 4.69) is 10.1 Å². The normalized spacial score (nSPS) is 17.8. The van der Waals surface area contributed by atoms with Gasteiger partial charge in [0.1, 0.15) is 17.3 Å². The average molecular weight is 382 g/mol. The van der Waals surface area contributed by atoms with E-state index in [0.29, 0.717) is 37.4 Å². The number of rotatable bonds is 4. The summed E-state index contributed by atoms with van der Waals surface area (Å²) in [4.78, 5) is 19.8. The van der Waals surface area contributed by atoms with Crippen LogP contribution in [-0.4, -0.2) is 41.1 Å². The van der Waals surface area contributed by atoms with Gasteiger partial charge in [0.25, 0.3) is 0 Å². The van der Waals surface area contributed by atoms with Gasteiger partial charge in [-0.25, -0.2) is 4.98 Å². The van der Waals surface area contributed by atoms with E-state index in [0.717, 1.165) is 6.07 Å². The smallest absolute Gasteiger partial charge is 0.361 e. The van der Waals surface area contributed by atoms with Crippen molar-refractivity contribution in [3.05, 3.63) is 41.4 Å². The Morgan fingerprint density at radius 3 is 2.89 bits per heavy atom. The maximum absolute atomic E-state index is 13.3. The molecule has 1 atom stereocenters. The van der Waals surface area contributed by atoms with Gasteiger partial charge in [-0.1, -0.05) is 5.16 Å². The van der Waals surface area contributed by atoms with Crippen molar-refractivity contribution < 1.29 is 22.5 Å². The first kappa shape index (κ1) is 19.2. The number of carbonyl (C=O) groups is 1.